The van der Waals surface area contributed by atoms with Crippen molar-refractivity contribution in [3.8, 4) is 16.9 Å². The first-order chi connectivity index (χ1) is 14.8. The third kappa shape index (κ3) is 4.23. The predicted molar refractivity (Wildman–Crippen MR) is 121 cm³/mol. The van der Waals surface area contributed by atoms with Gasteiger partial charge in [0.1, 0.15) is 5.75 Å². The minimum Gasteiger partial charge on any atom is -0.483 e. The molecule has 0 aliphatic heterocycles. The molecule has 0 fully saturated rings. The molecule has 4 heteroatoms. The maximum Gasteiger partial charge on any atom is 0.258 e. The summed E-state index contributed by atoms with van der Waals surface area (Å²) in [6.07, 6.45) is 1.32. The van der Waals surface area contributed by atoms with Crippen LogP contribution in [0.4, 0.5) is 0 Å². The van der Waals surface area contributed by atoms with Gasteiger partial charge in [0.2, 0.25) is 0 Å². The molecule has 0 saturated carbocycles. The van der Waals surface area contributed by atoms with Crippen LogP contribution in [0.5, 0.6) is 5.75 Å². The predicted octanol–water partition coefficient (Wildman–Crippen LogP) is 5.20. The summed E-state index contributed by atoms with van der Waals surface area (Å²) in [5.41, 5.74) is 4.10. The van der Waals surface area contributed by atoms with Crippen LogP contribution in [0.1, 0.15) is 11.1 Å². The zero-order valence-electron chi connectivity index (χ0n) is 16.5. The van der Waals surface area contributed by atoms with Crippen LogP contribution in [-0.4, -0.2) is 18.7 Å². The molecule has 0 atom stereocenters. The van der Waals surface area contributed by atoms with Gasteiger partial charge in [0.15, 0.2) is 6.61 Å². The lowest BCUT2D eigenvalue weighted by Gasteiger charge is -2.13. The number of amides is 1. The van der Waals surface area contributed by atoms with Crippen LogP contribution in [0, 0.1) is 5.41 Å². The summed E-state index contributed by atoms with van der Waals surface area (Å²) in [6, 6.07) is 29.6. The molecule has 0 aromatic heterocycles. The van der Waals surface area contributed by atoms with E-state index in [2.05, 4.69) is 23.5 Å². The van der Waals surface area contributed by atoms with Crippen LogP contribution >= 0.6 is 0 Å². The monoisotopic (exact) mass is 394 g/mol. The highest BCUT2D eigenvalue weighted by atomic mass is 16.5. The highest BCUT2D eigenvalue weighted by Crippen LogP contribution is 2.28. The molecule has 30 heavy (non-hydrogen) atoms. The van der Waals surface area contributed by atoms with E-state index in [1.54, 1.807) is 6.07 Å². The molecule has 148 valence electrons. The van der Waals surface area contributed by atoms with Crippen molar-refractivity contribution in [3.05, 3.63) is 102 Å². The van der Waals surface area contributed by atoms with Crippen LogP contribution in [-0.2, 0) is 11.3 Å². The molecule has 0 radical (unpaired) electrons. The Balaban J connectivity index is 1.43. The molecule has 4 nitrogen and oxygen atoms in total. The van der Waals surface area contributed by atoms with E-state index in [9.17, 15) is 4.79 Å². The quantitative estimate of drug-likeness (QED) is 0.423. The summed E-state index contributed by atoms with van der Waals surface area (Å²) in [5, 5.41) is 12.3. The molecule has 2 N–H and O–H groups in total. The zero-order valence-corrected chi connectivity index (χ0v) is 16.5. The molecule has 0 heterocycles. The van der Waals surface area contributed by atoms with Crippen LogP contribution in [0.3, 0.4) is 0 Å². The van der Waals surface area contributed by atoms with E-state index >= 15 is 0 Å². The summed E-state index contributed by atoms with van der Waals surface area (Å²) in [6.45, 7) is 0.363. The van der Waals surface area contributed by atoms with Gasteiger partial charge in [-0.15, -0.1) is 0 Å². The molecule has 0 spiro atoms. The van der Waals surface area contributed by atoms with Crippen molar-refractivity contribution >= 4 is 22.9 Å². The number of hydrogen-bond donors (Lipinski definition) is 2. The number of nitrogens with one attached hydrogen (secondary N) is 2. The molecule has 0 unspecified atom stereocenters. The third-order valence-electron chi connectivity index (χ3n) is 5.01. The maximum absolute atomic E-state index is 12.4. The van der Waals surface area contributed by atoms with Gasteiger partial charge >= 0.3 is 0 Å². The number of hydrogen-bond acceptors (Lipinski definition) is 3. The van der Waals surface area contributed by atoms with E-state index in [4.69, 9.17) is 10.1 Å². The summed E-state index contributed by atoms with van der Waals surface area (Å²) in [4.78, 5) is 12.4. The molecular weight excluding hydrogens is 372 g/mol. The van der Waals surface area contributed by atoms with Crippen LogP contribution in [0.2, 0.25) is 0 Å². The Morgan fingerprint density at radius 1 is 0.833 bits per heavy atom. The molecular formula is C26H22N2O2. The van der Waals surface area contributed by atoms with Crippen molar-refractivity contribution in [2.45, 2.75) is 6.54 Å². The van der Waals surface area contributed by atoms with E-state index in [-0.39, 0.29) is 12.5 Å². The number of ether oxygens (including phenoxy) is 1. The van der Waals surface area contributed by atoms with Gasteiger partial charge in [-0.05, 0) is 34.2 Å². The normalized spacial score (nSPS) is 10.5. The van der Waals surface area contributed by atoms with Gasteiger partial charge in [0.05, 0.1) is 0 Å². The lowest BCUT2D eigenvalue weighted by Crippen LogP contribution is -2.28. The van der Waals surface area contributed by atoms with Gasteiger partial charge < -0.3 is 15.5 Å². The van der Waals surface area contributed by atoms with Gasteiger partial charge in [-0.1, -0.05) is 78.9 Å². The molecule has 4 rings (SSSR count). The number of fused-ring (bicyclic) bond motifs is 1. The molecule has 4 aromatic carbocycles. The molecule has 0 bridgehead atoms. The van der Waals surface area contributed by atoms with E-state index in [0.29, 0.717) is 12.3 Å². The largest absolute Gasteiger partial charge is 0.483 e. The minimum atomic E-state index is -0.182. The Morgan fingerprint density at radius 2 is 1.53 bits per heavy atom. The van der Waals surface area contributed by atoms with Gasteiger partial charge in [-0.3, -0.25) is 4.79 Å². The lowest BCUT2D eigenvalue weighted by molar-refractivity contribution is -0.123. The Kier molecular flexibility index (Phi) is 5.85. The second-order valence-corrected chi connectivity index (χ2v) is 6.93. The smallest absolute Gasteiger partial charge is 0.258 e. The third-order valence-corrected chi connectivity index (χ3v) is 5.01. The van der Waals surface area contributed by atoms with Crippen LogP contribution in [0.25, 0.3) is 21.9 Å². The second-order valence-electron chi connectivity index (χ2n) is 6.93. The molecule has 0 aliphatic rings. The van der Waals surface area contributed by atoms with Crippen molar-refractivity contribution < 1.29 is 9.53 Å². The highest BCUT2D eigenvalue weighted by molar-refractivity contribution is 6.01. The SMILES string of the molecule is N=Cc1ccc(OCC(=O)NCc2ccccc2-c2ccccc2)c2ccccc12. The standard InChI is InChI=1S/C26H22N2O2/c27-16-20-14-15-25(24-13-7-6-12-23(20)24)30-18-26(29)28-17-21-10-4-5-11-22(21)19-8-2-1-3-9-19/h1-16,27H,17-18H2,(H,28,29). The van der Waals surface area contributed by atoms with Crippen molar-refractivity contribution in [2.24, 2.45) is 0 Å². The molecule has 0 aliphatic carbocycles. The summed E-state index contributed by atoms with van der Waals surface area (Å²) < 4.78 is 5.80. The lowest BCUT2D eigenvalue weighted by atomic mass is 10.00. The van der Waals surface area contributed by atoms with E-state index in [1.165, 1.54) is 6.21 Å². The Labute approximate surface area is 175 Å². The van der Waals surface area contributed by atoms with E-state index in [1.807, 2.05) is 66.7 Å². The molecule has 0 saturated heterocycles. The van der Waals surface area contributed by atoms with Gasteiger partial charge in [-0.25, -0.2) is 0 Å². The van der Waals surface area contributed by atoms with Crippen LogP contribution in [0.15, 0.2) is 91.0 Å². The Morgan fingerprint density at radius 3 is 2.33 bits per heavy atom. The van der Waals surface area contributed by atoms with Crippen molar-refractivity contribution in [3.63, 3.8) is 0 Å². The van der Waals surface area contributed by atoms with Gasteiger partial charge in [0.25, 0.3) is 5.91 Å². The first-order valence-electron chi connectivity index (χ1n) is 9.81. The fraction of sp³-hybridized carbons (Fsp3) is 0.0769. The molecule has 4 aromatic rings. The second kappa shape index (κ2) is 9.05. The maximum atomic E-state index is 12.4. The van der Waals surface area contributed by atoms with E-state index < -0.39 is 0 Å². The van der Waals surface area contributed by atoms with E-state index in [0.717, 1.165) is 33.0 Å². The highest BCUT2D eigenvalue weighted by Gasteiger charge is 2.09. The first-order valence-corrected chi connectivity index (χ1v) is 9.81. The van der Waals surface area contributed by atoms with Crippen molar-refractivity contribution in [2.75, 3.05) is 6.61 Å². The van der Waals surface area contributed by atoms with Crippen molar-refractivity contribution in [1.82, 2.24) is 5.32 Å². The van der Waals surface area contributed by atoms with Gasteiger partial charge in [0, 0.05) is 23.7 Å². The fourth-order valence-corrected chi connectivity index (χ4v) is 3.51. The average molecular weight is 394 g/mol. The number of benzene rings is 4. The zero-order chi connectivity index (χ0) is 20.8. The first kappa shape index (κ1) is 19.4. The summed E-state index contributed by atoms with van der Waals surface area (Å²) in [5.74, 6) is 0.453. The molecule has 1 amide bonds. The summed E-state index contributed by atoms with van der Waals surface area (Å²) in [7, 11) is 0. The Hall–Kier alpha value is -3.92. The minimum absolute atomic E-state index is 0.0680. The number of rotatable bonds is 7. The van der Waals surface area contributed by atoms with Crippen LogP contribution < -0.4 is 10.1 Å². The average Bonchev–Trinajstić information content (AvgIpc) is 2.82. The summed E-state index contributed by atoms with van der Waals surface area (Å²) >= 11 is 0. The van der Waals surface area contributed by atoms with Crippen molar-refractivity contribution in [1.29, 1.82) is 5.41 Å². The topological polar surface area (TPSA) is 62.2 Å². The number of carbonyl (C=O) groups excluding carboxylic acids is 1. The Bertz CT molecular complexity index is 1190. The number of carbonyl (C=O) groups is 1. The fourth-order valence-electron chi connectivity index (χ4n) is 3.51. The van der Waals surface area contributed by atoms with Gasteiger partial charge in [-0.2, -0.15) is 0 Å².